The maximum Gasteiger partial charge on any atom is 0.271 e. The van der Waals surface area contributed by atoms with Crippen LogP contribution in [-0.4, -0.2) is 30.3 Å². The number of unbranched alkanes of at least 4 members (excludes halogenated alkanes) is 2. The first-order chi connectivity index (χ1) is 14.0. The molecule has 1 N–H and O–H groups in total. The zero-order chi connectivity index (χ0) is 21.1. The zero-order valence-electron chi connectivity index (χ0n) is 16.6. The summed E-state index contributed by atoms with van der Waals surface area (Å²) in [6.07, 6.45) is 4.69. The van der Waals surface area contributed by atoms with Gasteiger partial charge in [0.2, 0.25) is 0 Å². The number of amides is 1. The Morgan fingerprint density at radius 2 is 1.97 bits per heavy atom. The molecule has 0 saturated carbocycles. The smallest absolute Gasteiger partial charge is 0.271 e. The van der Waals surface area contributed by atoms with E-state index in [0.29, 0.717) is 30.3 Å². The van der Waals surface area contributed by atoms with Gasteiger partial charge in [-0.3, -0.25) is 14.9 Å². The molecule has 0 heterocycles. The fourth-order valence-corrected chi connectivity index (χ4v) is 2.52. The standard InChI is InChI=1S/C21H25N3O5/c1-3-5-6-12-29-19-11-10-16(13-20(19)28-4-2)15-22-23-21(25)17-8-7-9-18(14-17)24(26)27/h7-11,13-15H,3-6,12H2,1-2H3,(H,23,25)/b22-15+. The Kier molecular flexibility index (Phi) is 8.62. The van der Waals surface area contributed by atoms with E-state index in [-0.39, 0.29) is 11.3 Å². The quantitative estimate of drug-likeness (QED) is 0.262. The SMILES string of the molecule is CCCCCOc1ccc(/C=N/NC(=O)c2cccc([N+](=O)[O-])c2)cc1OCC. The van der Waals surface area contributed by atoms with Gasteiger partial charge in [0.1, 0.15) is 0 Å². The second-order valence-electron chi connectivity index (χ2n) is 6.20. The predicted octanol–water partition coefficient (Wildman–Crippen LogP) is 4.33. The molecule has 0 atom stereocenters. The first-order valence-electron chi connectivity index (χ1n) is 9.52. The maximum absolute atomic E-state index is 12.1. The summed E-state index contributed by atoms with van der Waals surface area (Å²) in [6, 6.07) is 10.8. The van der Waals surface area contributed by atoms with E-state index < -0.39 is 10.8 Å². The van der Waals surface area contributed by atoms with Crippen molar-refractivity contribution in [2.75, 3.05) is 13.2 Å². The number of benzene rings is 2. The molecule has 0 aliphatic heterocycles. The molecule has 2 aromatic carbocycles. The molecule has 0 unspecified atom stereocenters. The number of ether oxygens (including phenoxy) is 2. The summed E-state index contributed by atoms with van der Waals surface area (Å²) in [7, 11) is 0. The molecule has 2 aromatic rings. The van der Waals surface area contributed by atoms with Gasteiger partial charge in [-0.05, 0) is 43.2 Å². The lowest BCUT2D eigenvalue weighted by Crippen LogP contribution is -2.17. The Morgan fingerprint density at radius 1 is 1.14 bits per heavy atom. The Labute approximate surface area is 169 Å². The molecule has 29 heavy (non-hydrogen) atoms. The Morgan fingerprint density at radius 3 is 2.69 bits per heavy atom. The number of non-ortho nitro benzene ring substituents is 1. The summed E-state index contributed by atoms with van der Waals surface area (Å²) in [4.78, 5) is 22.4. The molecular formula is C21H25N3O5. The van der Waals surface area contributed by atoms with Crippen LogP contribution in [0, 0.1) is 10.1 Å². The number of nitro benzene ring substituents is 1. The van der Waals surface area contributed by atoms with E-state index in [9.17, 15) is 14.9 Å². The summed E-state index contributed by atoms with van der Waals surface area (Å²) in [6.45, 7) is 5.15. The lowest BCUT2D eigenvalue weighted by Gasteiger charge is -2.12. The van der Waals surface area contributed by atoms with E-state index >= 15 is 0 Å². The largest absolute Gasteiger partial charge is 0.490 e. The zero-order valence-corrected chi connectivity index (χ0v) is 16.6. The topological polar surface area (TPSA) is 103 Å². The molecule has 8 nitrogen and oxygen atoms in total. The van der Waals surface area contributed by atoms with E-state index in [0.717, 1.165) is 19.3 Å². The van der Waals surface area contributed by atoms with Gasteiger partial charge in [0.15, 0.2) is 11.5 Å². The summed E-state index contributed by atoms with van der Waals surface area (Å²) in [5.41, 5.74) is 3.08. The van der Waals surface area contributed by atoms with Gasteiger partial charge in [0.25, 0.3) is 11.6 Å². The first kappa shape index (κ1) is 21.9. The van der Waals surface area contributed by atoms with Crippen LogP contribution in [0.3, 0.4) is 0 Å². The summed E-state index contributed by atoms with van der Waals surface area (Å²) < 4.78 is 11.4. The molecule has 0 aromatic heterocycles. The second kappa shape index (κ2) is 11.4. The maximum atomic E-state index is 12.1. The molecule has 0 spiro atoms. The van der Waals surface area contributed by atoms with Gasteiger partial charge in [-0.1, -0.05) is 25.8 Å². The fraction of sp³-hybridized carbons (Fsp3) is 0.333. The molecule has 0 radical (unpaired) electrons. The molecule has 8 heteroatoms. The number of nitro groups is 1. The minimum atomic E-state index is -0.554. The van der Waals surface area contributed by atoms with Crippen LogP contribution in [0.1, 0.15) is 49.0 Å². The molecule has 0 bridgehead atoms. The highest BCUT2D eigenvalue weighted by Crippen LogP contribution is 2.28. The summed E-state index contributed by atoms with van der Waals surface area (Å²) >= 11 is 0. The molecule has 2 rings (SSSR count). The third-order valence-electron chi connectivity index (χ3n) is 3.97. The van der Waals surface area contributed by atoms with Crippen LogP contribution in [0.15, 0.2) is 47.6 Å². The molecule has 0 fully saturated rings. The minimum absolute atomic E-state index is 0.155. The monoisotopic (exact) mass is 399 g/mol. The number of hydrogen-bond acceptors (Lipinski definition) is 6. The Balaban J connectivity index is 2.02. The first-order valence-corrected chi connectivity index (χ1v) is 9.52. The number of rotatable bonds is 11. The average molecular weight is 399 g/mol. The van der Waals surface area contributed by atoms with Crippen molar-refractivity contribution in [2.45, 2.75) is 33.1 Å². The van der Waals surface area contributed by atoms with Crippen molar-refractivity contribution >= 4 is 17.8 Å². The lowest BCUT2D eigenvalue weighted by molar-refractivity contribution is -0.384. The van der Waals surface area contributed by atoms with Crippen LogP contribution < -0.4 is 14.9 Å². The molecule has 1 amide bonds. The van der Waals surface area contributed by atoms with E-state index in [1.807, 2.05) is 6.92 Å². The van der Waals surface area contributed by atoms with Crippen LogP contribution in [0.5, 0.6) is 11.5 Å². The lowest BCUT2D eigenvalue weighted by atomic mass is 10.2. The third-order valence-corrected chi connectivity index (χ3v) is 3.97. The van der Waals surface area contributed by atoms with Gasteiger partial charge < -0.3 is 9.47 Å². The summed E-state index contributed by atoms with van der Waals surface area (Å²) in [5.74, 6) is 0.740. The highest BCUT2D eigenvalue weighted by atomic mass is 16.6. The van der Waals surface area contributed by atoms with E-state index in [1.54, 1.807) is 18.2 Å². The van der Waals surface area contributed by atoms with Crippen LogP contribution in [0.2, 0.25) is 0 Å². The molecule has 0 saturated heterocycles. The van der Waals surface area contributed by atoms with Crippen LogP contribution in [-0.2, 0) is 0 Å². The van der Waals surface area contributed by atoms with Gasteiger partial charge in [0, 0.05) is 17.7 Å². The molecule has 0 aliphatic rings. The van der Waals surface area contributed by atoms with Gasteiger partial charge in [-0.25, -0.2) is 5.43 Å². The van der Waals surface area contributed by atoms with Crippen molar-refractivity contribution in [1.29, 1.82) is 0 Å². The van der Waals surface area contributed by atoms with Crippen molar-refractivity contribution < 1.29 is 19.2 Å². The van der Waals surface area contributed by atoms with Crippen LogP contribution in [0.25, 0.3) is 0 Å². The summed E-state index contributed by atoms with van der Waals surface area (Å²) in [5, 5.41) is 14.7. The van der Waals surface area contributed by atoms with E-state index in [4.69, 9.17) is 9.47 Å². The number of nitrogens with zero attached hydrogens (tertiary/aromatic N) is 2. The van der Waals surface area contributed by atoms with Gasteiger partial charge in [0.05, 0.1) is 24.4 Å². The minimum Gasteiger partial charge on any atom is -0.490 e. The molecule has 0 aliphatic carbocycles. The fourth-order valence-electron chi connectivity index (χ4n) is 2.52. The Bertz CT molecular complexity index is 867. The van der Waals surface area contributed by atoms with Crippen molar-refractivity contribution in [3.63, 3.8) is 0 Å². The molecular weight excluding hydrogens is 374 g/mol. The van der Waals surface area contributed by atoms with Crippen molar-refractivity contribution in [3.8, 4) is 11.5 Å². The Hall–Kier alpha value is -3.42. The number of carbonyl (C=O) groups excluding carboxylic acids is 1. The van der Waals surface area contributed by atoms with Crippen LogP contribution >= 0.6 is 0 Å². The van der Waals surface area contributed by atoms with Gasteiger partial charge in [-0.2, -0.15) is 5.10 Å². The second-order valence-corrected chi connectivity index (χ2v) is 6.20. The van der Waals surface area contributed by atoms with Crippen molar-refractivity contribution in [2.24, 2.45) is 5.10 Å². The van der Waals surface area contributed by atoms with Gasteiger partial charge in [-0.15, -0.1) is 0 Å². The predicted molar refractivity (Wildman–Crippen MR) is 111 cm³/mol. The number of nitrogens with one attached hydrogen (secondary N) is 1. The van der Waals surface area contributed by atoms with E-state index in [2.05, 4.69) is 17.5 Å². The van der Waals surface area contributed by atoms with Crippen molar-refractivity contribution in [3.05, 3.63) is 63.7 Å². The third kappa shape index (κ3) is 6.91. The number of hydrogen-bond donors (Lipinski definition) is 1. The highest BCUT2D eigenvalue weighted by molar-refractivity contribution is 5.95. The normalized spacial score (nSPS) is 10.7. The highest BCUT2D eigenvalue weighted by Gasteiger charge is 2.11. The number of carbonyl (C=O) groups is 1. The molecule has 154 valence electrons. The van der Waals surface area contributed by atoms with Crippen molar-refractivity contribution in [1.82, 2.24) is 5.43 Å². The average Bonchev–Trinajstić information content (AvgIpc) is 2.72. The van der Waals surface area contributed by atoms with Gasteiger partial charge >= 0.3 is 0 Å². The number of hydrazone groups is 1. The van der Waals surface area contributed by atoms with Crippen LogP contribution in [0.4, 0.5) is 5.69 Å². The van der Waals surface area contributed by atoms with E-state index in [1.165, 1.54) is 30.5 Å².